The summed E-state index contributed by atoms with van der Waals surface area (Å²) in [5.74, 6) is -2.06. The Kier molecular flexibility index (Phi) is 2.51. The number of rotatable bonds is 0. The van der Waals surface area contributed by atoms with Crippen molar-refractivity contribution in [2.45, 2.75) is 6.18 Å². The van der Waals surface area contributed by atoms with Crippen LogP contribution in [0.4, 0.5) is 17.6 Å². The van der Waals surface area contributed by atoms with Crippen LogP contribution in [0.15, 0.2) is 16.6 Å². The molecule has 0 aliphatic rings. The van der Waals surface area contributed by atoms with Gasteiger partial charge in [-0.05, 0) is 28.1 Å². The molecule has 0 atom stereocenters. The first-order valence-electron chi connectivity index (χ1n) is 3.07. The molecule has 6 heteroatoms. The SMILES string of the molecule is Oc1cc(Br)c(F)cc1C(F)(F)F. The maximum Gasteiger partial charge on any atom is 0.420 e. The van der Waals surface area contributed by atoms with E-state index in [1.165, 1.54) is 0 Å². The van der Waals surface area contributed by atoms with E-state index in [4.69, 9.17) is 5.11 Å². The van der Waals surface area contributed by atoms with Crippen LogP contribution in [-0.4, -0.2) is 5.11 Å². The van der Waals surface area contributed by atoms with E-state index in [2.05, 4.69) is 15.9 Å². The second-order valence-corrected chi connectivity index (χ2v) is 3.14. The van der Waals surface area contributed by atoms with Crippen molar-refractivity contribution in [3.05, 3.63) is 28.0 Å². The summed E-state index contributed by atoms with van der Waals surface area (Å²) in [5.41, 5.74) is -1.38. The molecule has 0 saturated carbocycles. The number of alkyl halides is 3. The number of hydrogen-bond acceptors (Lipinski definition) is 1. The maximum atomic E-state index is 12.6. The Balaban J connectivity index is 3.32. The van der Waals surface area contributed by atoms with Gasteiger partial charge in [-0.15, -0.1) is 0 Å². The molecule has 72 valence electrons. The molecule has 0 heterocycles. The highest BCUT2D eigenvalue weighted by Gasteiger charge is 2.34. The minimum atomic E-state index is -4.74. The fraction of sp³-hybridized carbons (Fsp3) is 0.143. The lowest BCUT2D eigenvalue weighted by Crippen LogP contribution is -2.05. The number of phenols is 1. The molecule has 0 amide bonds. The molecule has 1 aromatic rings. The molecule has 0 radical (unpaired) electrons. The summed E-state index contributed by atoms with van der Waals surface area (Å²) in [5, 5.41) is 8.83. The van der Waals surface area contributed by atoms with Crippen LogP contribution in [0.2, 0.25) is 0 Å². The molecule has 0 spiro atoms. The lowest BCUT2D eigenvalue weighted by Gasteiger charge is -2.09. The quantitative estimate of drug-likeness (QED) is 0.708. The highest BCUT2D eigenvalue weighted by atomic mass is 79.9. The number of benzene rings is 1. The smallest absolute Gasteiger partial charge is 0.420 e. The van der Waals surface area contributed by atoms with Crippen LogP contribution in [0.1, 0.15) is 5.56 Å². The van der Waals surface area contributed by atoms with Crippen molar-refractivity contribution >= 4 is 15.9 Å². The summed E-state index contributed by atoms with van der Waals surface area (Å²) in [4.78, 5) is 0. The molecule has 1 rings (SSSR count). The fourth-order valence-electron chi connectivity index (χ4n) is 0.763. The zero-order valence-corrected chi connectivity index (χ0v) is 7.58. The number of phenolic OH excluding ortho intramolecular Hbond substituents is 1. The largest absolute Gasteiger partial charge is 0.507 e. The van der Waals surface area contributed by atoms with Crippen molar-refractivity contribution in [3.8, 4) is 5.75 Å². The fourth-order valence-corrected chi connectivity index (χ4v) is 1.09. The van der Waals surface area contributed by atoms with Gasteiger partial charge in [0.05, 0.1) is 4.47 Å². The number of aromatic hydroxyl groups is 1. The third-order valence-corrected chi connectivity index (χ3v) is 1.95. The molecule has 1 N–H and O–H groups in total. The van der Waals surface area contributed by atoms with Gasteiger partial charge in [0.2, 0.25) is 0 Å². The summed E-state index contributed by atoms with van der Waals surface area (Å²) in [6.07, 6.45) is -4.74. The molecule has 0 fully saturated rings. The summed E-state index contributed by atoms with van der Waals surface area (Å²) in [6, 6.07) is 0.900. The molecule has 1 aromatic carbocycles. The predicted molar refractivity (Wildman–Crippen MR) is 40.8 cm³/mol. The highest BCUT2D eigenvalue weighted by Crippen LogP contribution is 2.37. The molecule has 0 aliphatic heterocycles. The Morgan fingerprint density at radius 1 is 1.23 bits per heavy atom. The van der Waals surface area contributed by atoms with E-state index in [1.54, 1.807) is 0 Å². The van der Waals surface area contributed by atoms with E-state index in [0.29, 0.717) is 6.07 Å². The average molecular weight is 259 g/mol. The van der Waals surface area contributed by atoms with Gasteiger partial charge in [0.25, 0.3) is 0 Å². The Labute approximate surface area is 79.1 Å². The van der Waals surface area contributed by atoms with Crippen LogP contribution in [0, 0.1) is 5.82 Å². The second kappa shape index (κ2) is 3.17. The first-order chi connectivity index (χ1) is 5.82. The lowest BCUT2D eigenvalue weighted by atomic mass is 10.2. The van der Waals surface area contributed by atoms with Gasteiger partial charge in [-0.25, -0.2) is 4.39 Å². The van der Waals surface area contributed by atoms with Crippen molar-refractivity contribution in [3.63, 3.8) is 0 Å². The van der Waals surface area contributed by atoms with E-state index in [0.717, 1.165) is 0 Å². The molecule has 0 saturated heterocycles. The van der Waals surface area contributed by atoms with Crippen LogP contribution in [0.3, 0.4) is 0 Å². The first-order valence-corrected chi connectivity index (χ1v) is 3.87. The van der Waals surface area contributed by atoms with Crippen molar-refractivity contribution in [2.75, 3.05) is 0 Å². The van der Waals surface area contributed by atoms with Gasteiger partial charge in [0.1, 0.15) is 17.1 Å². The summed E-state index contributed by atoms with van der Waals surface area (Å²) in [6.45, 7) is 0. The van der Waals surface area contributed by atoms with Gasteiger partial charge >= 0.3 is 6.18 Å². The zero-order chi connectivity index (χ0) is 10.2. The minimum absolute atomic E-state index is 0.210. The molecule has 1 nitrogen and oxygen atoms in total. The van der Waals surface area contributed by atoms with Crippen molar-refractivity contribution < 1.29 is 22.7 Å². The van der Waals surface area contributed by atoms with Gasteiger partial charge in [0, 0.05) is 0 Å². The van der Waals surface area contributed by atoms with E-state index in [-0.39, 0.29) is 10.5 Å². The average Bonchev–Trinajstić information content (AvgIpc) is 1.94. The molecule has 0 unspecified atom stereocenters. The summed E-state index contributed by atoms with van der Waals surface area (Å²) in [7, 11) is 0. The zero-order valence-electron chi connectivity index (χ0n) is 5.99. The van der Waals surface area contributed by atoms with Crippen molar-refractivity contribution in [2.24, 2.45) is 0 Å². The maximum absolute atomic E-state index is 12.6. The van der Waals surface area contributed by atoms with Crippen LogP contribution in [0.5, 0.6) is 5.75 Å². The number of hydrogen-bond donors (Lipinski definition) is 1. The first kappa shape index (κ1) is 10.3. The monoisotopic (exact) mass is 258 g/mol. The molecule has 0 aliphatic carbocycles. The second-order valence-electron chi connectivity index (χ2n) is 2.28. The van der Waals surface area contributed by atoms with Gasteiger partial charge in [-0.2, -0.15) is 13.2 Å². The number of halogens is 5. The van der Waals surface area contributed by atoms with E-state index < -0.39 is 23.3 Å². The molecular formula is C7H3BrF4O. The van der Waals surface area contributed by atoms with Crippen LogP contribution in [-0.2, 0) is 6.18 Å². The minimum Gasteiger partial charge on any atom is -0.507 e. The van der Waals surface area contributed by atoms with Gasteiger partial charge in [0.15, 0.2) is 0 Å². The molecule has 13 heavy (non-hydrogen) atoms. The standard InChI is InChI=1S/C7H3BrF4O/c8-4-2-6(13)3(1-5(4)9)7(10,11)12/h1-2,13H. The van der Waals surface area contributed by atoms with Crippen molar-refractivity contribution in [1.29, 1.82) is 0 Å². The molecule has 0 aromatic heterocycles. The Hall–Kier alpha value is -0.780. The van der Waals surface area contributed by atoms with Gasteiger partial charge in [-0.3, -0.25) is 0 Å². The summed E-state index contributed by atoms with van der Waals surface area (Å²) >= 11 is 2.64. The van der Waals surface area contributed by atoms with E-state index >= 15 is 0 Å². The summed E-state index contributed by atoms with van der Waals surface area (Å²) < 4.78 is 48.5. The molecular weight excluding hydrogens is 256 g/mol. The van der Waals surface area contributed by atoms with Crippen LogP contribution >= 0.6 is 15.9 Å². The Bertz CT molecular complexity index is 334. The molecule has 0 bridgehead atoms. The lowest BCUT2D eigenvalue weighted by molar-refractivity contribution is -0.139. The van der Waals surface area contributed by atoms with Crippen LogP contribution in [0.25, 0.3) is 0 Å². The normalized spacial score (nSPS) is 11.8. The Morgan fingerprint density at radius 3 is 2.23 bits per heavy atom. The third kappa shape index (κ3) is 2.12. The van der Waals surface area contributed by atoms with Gasteiger partial charge in [-0.1, -0.05) is 0 Å². The van der Waals surface area contributed by atoms with E-state index in [1.807, 2.05) is 0 Å². The van der Waals surface area contributed by atoms with E-state index in [9.17, 15) is 17.6 Å². The Morgan fingerprint density at radius 2 is 1.77 bits per heavy atom. The van der Waals surface area contributed by atoms with Crippen LogP contribution < -0.4 is 0 Å². The van der Waals surface area contributed by atoms with Crippen molar-refractivity contribution in [1.82, 2.24) is 0 Å². The highest BCUT2D eigenvalue weighted by molar-refractivity contribution is 9.10. The van der Waals surface area contributed by atoms with Gasteiger partial charge < -0.3 is 5.11 Å². The predicted octanol–water partition coefficient (Wildman–Crippen LogP) is 3.31. The third-order valence-electron chi connectivity index (χ3n) is 1.34. The topological polar surface area (TPSA) is 20.2 Å².